The monoisotopic (exact) mass is 775 g/mol. The van der Waals surface area contributed by atoms with Crippen LogP contribution < -0.4 is 21.3 Å². The molecule has 4 fully saturated rings. The Morgan fingerprint density at radius 1 is 0.889 bits per heavy atom. The van der Waals surface area contributed by atoms with Crippen molar-refractivity contribution in [2.75, 3.05) is 18.8 Å². The summed E-state index contributed by atoms with van der Waals surface area (Å²) in [4.78, 5) is 71.1. The maximum Gasteiger partial charge on any atom is 0.315 e. The third kappa shape index (κ3) is 10.9. The molecule has 3 aliphatic carbocycles. The lowest BCUT2D eigenvalue weighted by Gasteiger charge is -2.40. The molecule has 306 valence electrons. The molecule has 3 saturated carbocycles. The first-order valence-electron chi connectivity index (χ1n) is 20.7. The molecule has 0 aromatic rings. The smallest absolute Gasteiger partial charge is 0.315 e. The maximum absolute atomic E-state index is 14.9. The molecule has 54 heavy (non-hydrogen) atoms. The largest absolute Gasteiger partial charge is 0.346 e. The van der Waals surface area contributed by atoms with E-state index in [9.17, 15) is 32.4 Å². The van der Waals surface area contributed by atoms with Gasteiger partial charge in [0.1, 0.15) is 12.1 Å². The van der Waals surface area contributed by atoms with Crippen LogP contribution in [-0.2, 0) is 29.0 Å². The van der Waals surface area contributed by atoms with Crippen LogP contribution in [0.15, 0.2) is 12.7 Å². The number of nitrogens with zero attached hydrogens (tertiary/aromatic N) is 1. The van der Waals surface area contributed by atoms with Gasteiger partial charge in [0.2, 0.25) is 17.6 Å². The van der Waals surface area contributed by atoms with Gasteiger partial charge in [0.05, 0.1) is 22.1 Å². The van der Waals surface area contributed by atoms with Crippen molar-refractivity contribution in [3.63, 3.8) is 0 Å². The minimum atomic E-state index is -3.57. The molecule has 1 aliphatic heterocycles. The molecule has 5 amide bonds. The zero-order valence-electron chi connectivity index (χ0n) is 33.9. The van der Waals surface area contributed by atoms with Crippen molar-refractivity contribution in [2.24, 2.45) is 23.2 Å². The van der Waals surface area contributed by atoms with E-state index < -0.39 is 61.9 Å². The number of urea groups is 1. The van der Waals surface area contributed by atoms with E-state index in [-0.39, 0.29) is 41.4 Å². The Balaban J connectivity index is 1.62. The highest BCUT2D eigenvalue weighted by atomic mass is 32.2. The SMILES string of the molecule is C=CCNC(=O)C(=O)C(CC1CCC1)NC(=O)[C@@H]1C[C@@H](C(C)(C)CC)CN1C(=O)[C@@H](NC(=O)NC1(CS(=O)(=O)C(C)(C)C)CCCCC1)C1CCCCC1. The van der Waals surface area contributed by atoms with Crippen LogP contribution in [0.25, 0.3) is 0 Å². The molecule has 13 heteroatoms. The Kier molecular flexibility index (Phi) is 14.9. The minimum Gasteiger partial charge on any atom is -0.346 e. The first kappa shape index (κ1) is 43.8. The molecule has 0 aromatic heterocycles. The van der Waals surface area contributed by atoms with Gasteiger partial charge in [0.15, 0.2) is 9.84 Å². The molecule has 4 rings (SSSR count). The second-order valence-electron chi connectivity index (χ2n) is 18.4. The lowest BCUT2D eigenvalue weighted by molar-refractivity contribution is -0.143. The van der Waals surface area contributed by atoms with Gasteiger partial charge in [-0.25, -0.2) is 13.2 Å². The zero-order valence-corrected chi connectivity index (χ0v) is 34.7. The van der Waals surface area contributed by atoms with Crippen molar-refractivity contribution in [1.82, 2.24) is 26.2 Å². The van der Waals surface area contributed by atoms with Crippen LogP contribution >= 0.6 is 0 Å². The topological polar surface area (TPSA) is 171 Å². The van der Waals surface area contributed by atoms with Crippen molar-refractivity contribution in [3.05, 3.63) is 12.7 Å². The number of hydrogen-bond acceptors (Lipinski definition) is 7. The van der Waals surface area contributed by atoms with E-state index in [1.54, 1.807) is 25.7 Å². The predicted octanol–water partition coefficient (Wildman–Crippen LogP) is 5.35. The molecule has 0 radical (unpaired) electrons. The van der Waals surface area contributed by atoms with Crippen molar-refractivity contribution in [3.8, 4) is 0 Å². The van der Waals surface area contributed by atoms with E-state index in [1.807, 2.05) is 0 Å². The Hall–Kier alpha value is -2.96. The van der Waals surface area contributed by atoms with E-state index in [1.165, 1.54) is 6.08 Å². The van der Waals surface area contributed by atoms with E-state index in [2.05, 4.69) is 48.6 Å². The van der Waals surface area contributed by atoms with Gasteiger partial charge in [-0.2, -0.15) is 0 Å². The van der Waals surface area contributed by atoms with Crippen molar-refractivity contribution >= 4 is 39.4 Å². The maximum atomic E-state index is 14.9. The number of sulfone groups is 1. The molecule has 0 spiro atoms. The number of Topliss-reactive ketones (excluding diaryl/α,β-unsaturated/α-hetero) is 1. The number of ketones is 1. The molecule has 4 aliphatic rings. The summed E-state index contributed by atoms with van der Waals surface area (Å²) in [5, 5.41) is 11.6. The first-order valence-corrected chi connectivity index (χ1v) is 22.3. The Morgan fingerprint density at radius 2 is 1.52 bits per heavy atom. The van der Waals surface area contributed by atoms with Crippen LogP contribution in [0.4, 0.5) is 4.79 Å². The standard InChI is InChI=1S/C41H69N5O7S/c1-8-23-42-36(49)34(47)31(24-28-17-16-18-28)43-35(48)32-25-30(40(6,7)9-2)26-46(32)37(50)33(29-19-12-10-13-20-29)44-38(51)45-41(21-14-11-15-22-41)27-54(52,53)39(3,4)5/h8,28-33H,1,9-27H2,2-7H3,(H,42,49)(H,43,48)(H2,44,45,51)/t30-,31?,32+,33+/m1/s1. The lowest BCUT2D eigenvalue weighted by atomic mass is 9.75. The van der Waals surface area contributed by atoms with E-state index in [0.717, 1.165) is 77.0 Å². The molecule has 4 N–H and O–H groups in total. The number of amides is 5. The summed E-state index contributed by atoms with van der Waals surface area (Å²) >= 11 is 0. The van der Waals surface area contributed by atoms with E-state index in [0.29, 0.717) is 32.2 Å². The van der Waals surface area contributed by atoms with Crippen LogP contribution in [0.5, 0.6) is 0 Å². The first-order chi connectivity index (χ1) is 25.3. The van der Waals surface area contributed by atoms with Gasteiger partial charge in [0.25, 0.3) is 5.91 Å². The summed E-state index contributed by atoms with van der Waals surface area (Å²) in [5.41, 5.74) is -1.14. The molecule has 12 nitrogen and oxygen atoms in total. The fourth-order valence-electron chi connectivity index (χ4n) is 8.71. The summed E-state index contributed by atoms with van der Waals surface area (Å²) in [5.74, 6) is -2.40. The van der Waals surface area contributed by atoms with E-state index in [4.69, 9.17) is 0 Å². The predicted molar refractivity (Wildman–Crippen MR) is 211 cm³/mol. The summed E-state index contributed by atoms with van der Waals surface area (Å²) < 4.78 is 25.9. The number of carbonyl (C=O) groups excluding carboxylic acids is 5. The molecular weight excluding hydrogens is 707 g/mol. The molecule has 0 bridgehead atoms. The van der Waals surface area contributed by atoms with Gasteiger partial charge in [-0.3, -0.25) is 19.2 Å². The van der Waals surface area contributed by atoms with Crippen LogP contribution in [0, 0.1) is 23.2 Å². The lowest BCUT2D eigenvalue weighted by Crippen LogP contribution is -2.62. The van der Waals surface area contributed by atoms with Crippen LogP contribution in [0.3, 0.4) is 0 Å². The number of hydrogen-bond donors (Lipinski definition) is 4. The molecular formula is C41H69N5O7S. The van der Waals surface area contributed by atoms with Gasteiger partial charge in [-0.1, -0.05) is 91.1 Å². The van der Waals surface area contributed by atoms with Crippen molar-refractivity contribution in [1.29, 1.82) is 0 Å². The molecule has 4 atom stereocenters. The average Bonchev–Trinajstić information content (AvgIpc) is 3.57. The van der Waals surface area contributed by atoms with Gasteiger partial charge in [-0.15, -0.1) is 6.58 Å². The van der Waals surface area contributed by atoms with Gasteiger partial charge in [-0.05, 0) is 82.5 Å². The average molecular weight is 776 g/mol. The van der Waals surface area contributed by atoms with Gasteiger partial charge in [0, 0.05) is 13.1 Å². The highest BCUT2D eigenvalue weighted by molar-refractivity contribution is 7.92. The van der Waals surface area contributed by atoms with Gasteiger partial charge < -0.3 is 26.2 Å². The van der Waals surface area contributed by atoms with Crippen LogP contribution in [-0.4, -0.2) is 90.1 Å². The van der Waals surface area contributed by atoms with Gasteiger partial charge >= 0.3 is 6.03 Å². The number of nitrogens with one attached hydrogen (secondary N) is 4. The quantitative estimate of drug-likeness (QED) is 0.121. The molecule has 1 saturated heterocycles. The highest BCUT2D eigenvalue weighted by Gasteiger charge is 2.49. The molecule has 1 unspecified atom stereocenters. The Morgan fingerprint density at radius 3 is 2.07 bits per heavy atom. The third-order valence-corrected chi connectivity index (χ3v) is 16.0. The molecule has 0 aromatic carbocycles. The highest BCUT2D eigenvalue weighted by Crippen LogP contribution is 2.41. The molecule has 1 heterocycles. The summed E-state index contributed by atoms with van der Waals surface area (Å²) in [6, 6.07) is -3.39. The summed E-state index contributed by atoms with van der Waals surface area (Å²) in [7, 11) is -3.57. The third-order valence-electron chi connectivity index (χ3n) is 13.2. The minimum absolute atomic E-state index is 0.0205. The van der Waals surface area contributed by atoms with Crippen LogP contribution in [0.2, 0.25) is 0 Å². The normalized spacial score (nSPS) is 23.7. The second kappa shape index (κ2) is 18.3. The Labute approximate surface area is 324 Å². The fraction of sp³-hybridized carbons (Fsp3) is 0.829. The van der Waals surface area contributed by atoms with Crippen LogP contribution in [0.1, 0.15) is 144 Å². The fourth-order valence-corrected chi connectivity index (χ4v) is 10.2. The summed E-state index contributed by atoms with van der Waals surface area (Å²) in [6.45, 7) is 15.4. The summed E-state index contributed by atoms with van der Waals surface area (Å²) in [6.07, 6.45) is 13.9. The van der Waals surface area contributed by atoms with Crippen molar-refractivity contribution in [2.45, 2.75) is 173 Å². The Bertz CT molecular complexity index is 1470. The number of rotatable bonds is 16. The number of likely N-dealkylation sites (tertiary alicyclic amines) is 1. The van der Waals surface area contributed by atoms with Crippen molar-refractivity contribution < 1.29 is 32.4 Å². The zero-order chi connectivity index (χ0) is 39.9. The second-order valence-corrected chi connectivity index (χ2v) is 21.2. The number of carbonyl (C=O) groups is 5. The van der Waals surface area contributed by atoms with E-state index >= 15 is 0 Å².